The van der Waals surface area contributed by atoms with Crippen LogP contribution < -0.4 is 5.73 Å². The summed E-state index contributed by atoms with van der Waals surface area (Å²) in [6, 6.07) is 11.3. The maximum Gasteiger partial charge on any atom is 0.267 e. The SMILES string of the molecule is NC(=O)C[S+]([O-])C(c1ccccc1F)c1ccccc1F. The molecule has 6 heteroatoms. The molecule has 0 bridgehead atoms. The smallest absolute Gasteiger partial charge is 0.267 e. The third-order valence-electron chi connectivity index (χ3n) is 2.92. The van der Waals surface area contributed by atoms with E-state index in [1.54, 1.807) is 12.1 Å². The van der Waals surface area contributed by atoms with Crippen molar-refractivity contribution in [1.82, 2.24) is 0 Å². The summed E-state index contributed by atoms with van der Waals surface area (Å²) in [5, 5.41) is -1.08. The molecule has 1 amide bonds. The van der Waals surface area contributed by atoms with Gasteiger partial charge in [0.15, 0.2) is 11.0 Å². The number of rotatable bonds is 5. The van der Waals surface area contributed by atoms with E-state index in [2.05, 4.69) is 0 Å². The first kappa shape index (κ1) is 15.5. The third-order valence-corrected chi connectivity index (χ3v) is 4.53. The van der Waals surface area contributed by atoms with E-state index in [0.717, 1.165) is 0 Å². The molecule has 3 nitrogen and oxygen atoms in total. The number of primary amides is 1. The molecule has 1 atom stereocenters. The Balaban J connectivity index is 2.52. The normalized spacial score (nSPS) is 12.4. The van der Waals surface area contributed by atoms with Crippen LogP contribution in [0.1, 0.15) is 16.4 Å². The molecule has 0 saturated carbocycles. The number of benzene rings is 2. The maximum atomic E-state index is 14.0. The van der Waals surface area contributed by atoms with Gasteiger partial charge in [-0.25, -0.2) is 8.78 Å². The van der Waals surface area contributed by atoms with Crippen molar-refractivity contribution in [3.05, 3.63) is 71.3 Å². The predicted octanol–water partition coefficient (Wildman–Crippen LogP) is 2.29. The van der Waals surface area contributed by atoms with Gasteiger partial charge < -0.3 is 10.3 Å². The molecule has 0 aromatic heterocycles. The molecule has 0 saturated heterocycles. The second kappa shape index (κ2) is 6.69. The van der Waals surface area contributed by atoms with E-state index in [4.69, 9.17) is 5.73 Å². The van der Waals surface area contributed by atoms with E-state index in [-0.39, 0.29) is 11.1 Å². The van der Waals surface area contributed by atoms with Gasteiger partial charge >= 0.3 is 0 Å². The number of hydrogen-bond donors (Lipinski definition) is 1. The van der Waals surface area contributed by atoms with Crippen molar-refractivity contribution in [1.29, 1.82) is 0 Å². The van der Waals surface area contributed by atoms with Crippen LogP contribution in [0.3, 0.4) is 0 Å². The van der Waals surface area contributed by atoms with E-state index in [1.165, 1.54) is 36.4 Å². The highest BCUT2D eigenvalue weighted by Crippen LogP contribution is 2.33. The summed E-state index contributed by atoms with van der Waals surface area (Å²) in [5.74, 6) is -2.47. The van der Waals surface area contributed by atoms with Gasteiger partial charge in [-0.3, -0.25) is 4.79 Å². The van der Waals surface area contributed by atoms with Crippen LogP contribution in [-0.2, 0) is 16.0 Å². The number of nitrogens with two attached hydrogens (primary N) is 1. The molecule has 2 rings (SSSR count). The molecule has 110 valence electrons. The predicted molar refractivity (Wildman–Crippen MR) is 76.8 cm³/mol. The summed E-state index contributed by atoms with van der Waals surface area (Å²) in [7, 11) is 0. The summed E-state index contributed by atoms with van der Waals surface area (Å²) >= 11 is -1.86. The molecular formula is C15H13F2NO2S. The first-order chi connectivity index (χ1) is 10.0. The number of carbonyl (C=O) groups excluding carboxylic acids is 1. The van der Waals surface area contributed by atoms with E-state index in [9.17, 15) is 18.1 Å². The van der Waals surface area contributed by atoms with Crippen LogP contribution in [0.4, 0.5) is 8.78 Å². The zero-order chi connectivity index (χ0) is 15.4. The fraction of sp³-hybridized carbons (Fsp3) is 0.133. The molecule has 0 aliphatic heterocycles. The molecule has 0 spiro atoms. The van der Waals surface area contributed by atoms with Gasteiger partial charge in [0, 0.05) is 11.1 Å². The Bertz CT molecular complexity index is 606. The number of amides is 1. The summed E-state index contributed by atoms with van der Waals surface area (Å²) < 4.78 is 40.3. The molecule has 2 aromatic rings. The minimum atomic E-state index is -1.86. The average molecular weight is 309 g/mol. The van der Waals surface area contributed by atoms with Gasteiger partial charge in [0.2, 0.25) is 0 Å². The second-order valence-corrected chi connectivity index (χ2v) is 5.94. The summed E-state index contributed by atoms with van der Waals surface area (Å²) in [5.41, 5.74) is 5.19. The third kappa shape index (κ3) is 3.59. The first-order valence-corrected chi connectivity index (χ1v) is 7.53. The van der Waals surface area contributed by atoms with Gasteiger partial charge in [0.1, 0.15) is 11.6 Å². The molecule has 2 N–H and O–H groups in total. The fourth-order valence-corrected chi connectivity index (χ4v) is 3.45. The van der Waals surface area contributed by atoms with E-state index in [0.29, 0.717) is 0 Å². The zero-order valence-corrected chi connectivity index (χ0v) is 11.8. The Kier molecular flexibility index (Phi) is 4.93. The van der Waals surface area contributed by atoms with E-state index >= 15 is 0 Å². The molecule has 0 radical (unpaired) electrons. The Labute approximate surface area is 124 Å². The highest BCUT2D eigenvalue weighted by atomic mass is 32.2. The van der Waals surface area contributed by atoms with Crippen molar-refractivity contribution in [3.8, 4) is 0 Å². The van der Waals surface area contributed by atoms with Crippen LogP contribution in [0.15, 0.2) is 48.5 Å². The van der Waals surface area contributed by atoms with Gasteiger partial charge in [-0.2, -0.15) is 0 Å². The van der Waals surface area contributed by atoms with Gasteiger partial charge in [-0.15, -0.1) is 0 Å². The van der Waals surface area contributed by atoms with Crippen LogP contribution in [0, 0.1) is 11.6 Å². The zero-order valence-electron chi connectivity index (χ0n) is 11.0. The van der Waals surface area contributed by atoms with Gasteiger partial charge in [0.25, 0.3) is 5.91 Å². The van der Waals surface area contributed by atoms with Crippen LogP contribution in [-0.4, -0.2) is 16.2 Å². The minimum Gasteiger partial charge on any atom is -0.615 e. The maximum absolute atomic E-state index is 14.0. The number of halogens is 2. The molecule has 0 aliphatic carbocycles. The highest BCUT2D eigenvalue weighted by molar-refractivity contribution is 7.92. The summed E-state index contributed by atoms with van der Waals surface area (Å²) in [4.78, 5) is 11.0. The number of carbonyl (C=O) groups is 1. The lowest BCUT2D eigenvalue weighted by atomic mass is 10.0. The molecule has 1 unspecified atom stereocenters. The van der Waals surface area contributed by atoms with Crippen LogP contribution in [0.2, 0.25) is 0 Å². The van der Waals surface area contributed by atoms with Crippen molar-refractivity contribution in [2.75, 3.05) is 5.75 Å². The Hall–Kier alpha value is -1.92. The van der Waals surface area contributed by atoms with Gasteiger partial charge in [-0.1, -0.05) is 36.4 Å². The fourth-order valence-electron chi connectivity index (χ4n) is 2.05. The topological polar surface area (TPSA) is 66.2 Å². The lowest BCUT2D eigenvalue weighted by Crippen LogP contribution is -2.28. The Morgan fingerprint density at radius 2 is 1.48 bits per heavy atom. The first-order valence-electron chi connectivity index (χ1n) is 6.15. The molecular weight excluding hydrogens is 296 g/mol. The molecule has 21 heavy (non-hydrogen) atoms. The lowest BCUT2D eigenvalue weighted by molar-refractivity contribution is -0.115. The van der Waals surface area contributed by atoms with Crippen molar-refractivity contribution in [2.45, 2.75) is 5.25 Å². The van der Waals surface area contributed by atoms with Crippen molar-refractivity contribution >= 4 is 17.1 Å². The Morgan fingerprint density at radius 3 is 1.86 bits per heavy atom. The molecule has 0 aliphatic rings. The molecule has 2 aromatic carbocycles. The van der Waals surface area contributed by atoms with Crippen molar-refractivity contribution in [3.63, 3.8) is 0 Å². The Morgan fingerprint density at radius 1 is 1.05 bits per heavy atom. The summed E-state index contributed by atoms with van der Waals surface area (Å²) in [6.45, 7) is 0. The molecule has 0 heterocycles. The molecule has 0 fully saturated rings. The van der Waals surface area contributed by atoms with Crippen LogP contribution in [0.5, 0.6) is 0 Å². The van der Waals surface area contributed by atoms with Crippen molar-refractivity contribution < 1.29 is 18.1 Å². The van der Waals surface area contributed by atoms with Crippen molar-refractivity contribution in [2.24, 2.45) is 5.73 Å². The van der Waals surface area contributed by atoms with E-state index < -0.39 is 39.7 Å². The van der Waals surface area contributed by atoms with Crippen LogP contribution >= 0.6 is 0 Å². The average Bonchev–Trinajstić information content (AvgIpc) is 2.42. The van der Waals surface area contributed by atoms with Crippen LogP contribution in [0.25, 0.3) is 0 Å². The highest BCUT2D eigenvalue weighted by Gasteiger charge is 2.32. The van der Waals surface area contributed by atoms with Gasteiger partial charge in [-0.05, 0) is 23.3 Å². The monoisotopic (exact) mass is 309 g/mol. The lowest BCUT2D eigenvalue weighted by Gasteiger charge is -2.22. The minimum absolute atomic E-state index is 0.0715. The quantitative estimate of drug-likeness (QED) is 0.861. The second-order valence-electron chi connectivity index (χ2n) is 4.41. The van der Waals surface area contributed by atoms with Gasteiger partial charge in [0.05, 0.1) is 0 Å². The summed E-state index contributed by atoms with van der Waals surface area (Å²) in [6.07, 6.45) is 0. The number of hydrogen-bond acceptors (Lipinski definition) is 2. The van der Waals surface area contributed by atoms with E-state index in [1.807, 2.05) is 0 Å². The largest absolute Gasteiger partial charge is 0.615 e. The standard InChI is InChI=1S/C15H13F2NO2S/c16-12-7-3-1-5-10(12)15(21(20)9-14(18)19)11-6-2-4-8-13(11)17/h1-8,15H,9H2,(H2,18,19).